The van der Waals surface area contributed by atoms with E-state index in [1.807, 2.05) is 37.3 Å². The van der Waals surface area contributed by atoms with Crippen LogP contribution in [-0.2, 0) is 6.61 Å². The van der Waals surface area contributed by atoms with Gasteiger partial charge in [-0.15, -0.1) is 0 Å². The highest BCUT2D eigenvalue weighted by Gasteiger charge is 2.13. The van der Waals surface area contributed by atoms with E-state index in [0.29, 0.717) is 40.9 Å². The molecule has 0 bridgehead atoms. The van der Waals surface area contributed by atoms with Crippen LogP contribution in [0.3, 0.4) is 0 Å². The first-order valence-electron chi connectivity index (χ1n) is 9.29. The van der Waals surface area contributed by atoms with Crippen LogP contribution in [0.25, 0.3) is 0 Å². The minimum absolute atomic E-state index is 0.297. The predicted octanol–water partition coefficient (Wildman–Crippen LogP) is 5.22. The fourth-order valence-electron chi connectivity index (χ4n) is 2.63. The maximum atomic E-state index is 12.9. The van der Waals surface area contributed by atoms with Gasteiger partial charge in [0.15, 0.2) is 11.5 Å². The summed E-state index contributed by atoms with van der Waals surface area (Å²) in [6.07, 6.45) is 1.44. The van der Waals surface area contributed by atoms with Crippen LogP contribution in [0.4, 0.5) is 4.39 Å². The van der Waals surface area contributed by atoms with Crippen LogP contribution in [0.1, 0.15) is 28.4 Å². The second-order valence-electron chi connectivity index (χ2n) is 6.24. The minimum Gasteiger partial charge on any atom is -0.490 e. The van der Waals surface area contributed by atoms with Crippen molar-refractivity contribution in [3.63, 3.8) is 0 Å². The number of nitrogens with one attached hydrogen (secondary N) is 1. The molecule has 1 amide bonds. The number of hydrazone groups is 1. The van der Waals surface area contributed by atoms with Crippen LogP contribution in [0.5, 0.6) is 11.5 Å². The van der Waals surface area contributed by atoms with Gasteiger partial charge in [0, 0.05) is 5.56 Å². The first-order chi connectivity index (χ1) is 14.6. The van der Waals surface area contributed by atoms with E-state index in [2.05, 4.69) is 10.5 Å². The van der Waals surface area contributed by atoms with E-state index in [9.17, 15) is 9.18 Å². The van der Waals surface area contributed by atoms with Gasteiger partial charge in [0.1, 0.15) is 12.4 Å². The smallest absolute Gasteiger partial charge is 0.271 e. The van der Waals surface area contributed by atoms with E-state index in [0.717, 1.165) is 5.56 Å². The minimum atomic E-state index is -0.454. The zero-order chi connectivity index (χ0) is 21.3. The third-order valence-electron chi connectivity index (χ3n) is 4.04. The summed E-state index contributed by atoms with van der Waals surface area (Å²) in [7, 11) is 0. The lowest BCUT2D eigenvalue weighted by Gasteiger charge is -2.14. The molecule has 0 aliphatic carbocycles. The Kier molecular flexibility index (Phi) is 7.40. The van der Waals surface area contributed by atoms with Crippen LogP contribution in [-0.4, -0.2) is 18.7 Å². The van der Waals surface area contributed by atoms with Crippen LogP contribution in [0.2, 0.25) is 5.02 Å². The Hall–Kier alpha value is -3.38. The van der Waals surface area contributed by atoms with Gasteiger partial charge < -0.3 is 9.47 Å². The average molecular weight is 427 g/mol. The number of benzene rings is 3. The second kappa shape index (κ2) is 10.4. The molecule has 0 saturated carbocycles. The van der Waals surface area contributed by atoms with Crippen LogP contribution >= 0.6 is 11.6 Å². The SMILES string of the molecule is CCOc1cc(/C=N\NC(=O)c2ccc(F)cc2)cc(Cl)c1OCc1ccccc1. The first-order valence-corrected chi connectivity index (χ1v) is 9.66. The number of carbonyl (C=O) groups excluding carboxylic acids is 1. The molecular formula is C23H20ClFN2O3. The van der Waals surface area contributed by atoms with Crippen LogP contribution < -0.4 is 14.9 Å². The molecule has 30 heavy (non-hydrogen) atoms. The maximum Gasteiger partial charge on any atom is 0.271 e. The van der Waals surface area contributed by atoms with Crippen molar-refractivity contribution in [3.05, 3.63) is 94.3 Å². The first kappa shape index (κ1) is 21.3. The maximum absolute atomic E-state index is 12.9. The molecule has 0 radical (unpaired) electrons. The zero-order valence-corrected chi connectivity index (χ0v) is 17.0. The Balaban J connectivity index is 1.71. The molecule has 3 rings (SSSR count). The fourth-order valence-corrected chi connectivity index (χ4v) is 2.90. The number of rotatable bonds is 8. The van der Waals surface area contributed by atoms with Gasteiger partial charge in [-0.2, -0.15) is 5.10 Å². The Labute approximate surface area is 179 Å². The van der Waals surface area contributed by atoms with Crippen molar-refractivity contribution in [3.8, 4) is 11.5 Å². The van der Waals surface area contributed by atoms with Gasteiger partial charge in [-0.1, -0.05) is 41.9 Å². The highest BCUT2D eigenvalue weighted by Crippen LogP contribution is 2.36. The summed E-state index contributed by atoms with van der Waals surface area (Å²) in [6.45, 7) is 2.64. The standard InChI is InChI=1S/C23H20ClFN2O3/c1-2-29-21-13-17(14-26-27-23(28)18-8-10-19(25)11-9-18)12-20(24)22(21)30-15-16-6-4-3-5-7-16/h3-14H,2,15H2,1H3,(H,27,28)/b26-14-. The van der Waals surface area contributed by atoms with Gasteiger partial charge in [0.2, 0.25) is 0 Å². The Bertz CT molecular complexity index is 1020. The van der Waals surface area contributed by atoms with Crippen LogP contribution in [0, 0.1) is 5.82 Å². The third-order valence-corrected chi connectivity index (χ3v) is 4.32. The lowest BCUT2D eigenvalue weighted by molar-refractivity contribution is 0.0955. The van der Waals surface area contributed by atoms with Gasteiger partial charge >= 0.3 is 0 Å². The van der Waals surface area contributed by atoms with Crippen LogP contribution in [0.15, 0.2) is 71.8 Å². The number of hydrogen-bond acceptors (Lipinski definition) is 4. The summed E-state index contributed by atoms with van der Waals surface area (Å²) < 4.78 is 24.5. The lowest BCUT2D eigenvalue weighted by atomic mass is 10.2. The van der Waals surface area contributed by atoms with E-state index in [1.54, 1.807) is 12.1 Å². The van der Waals surface area contributed by atoms with Crippen molar-refractivity contribution in [1.29, 1.82) is 0 Å². The fraction of sp³-hybridized carbons (Fsp3) is 0.130. The molecule has 3 aromatic carbocycles. The molecule has 0 saturated heterocycles. The van der Waals surface area contributed by atoms with E-state index < -0.39 is 11.7 Å². The number of hydrogen-bond donors (Lipinski definition) is 1. The molecule has 0 atom stereocenters. The van der Waals surface area contributed by atoms with E-state index in [4.69, 9.17) is 21.1 Å². The van der Waals surface area contributed by atoms with Gasteiger partial charge in [-0.05, 0) is 54.4 Å². The molecule has 3 aromatic rings. The molecule has 0 heterocycles. The number of ether oxygens (including phenoxy) is 2. The second-order valence-corrected chi connectivity index (χ2v) is 6.65. The largest absolute Gasteiger partial charge is 0.490 e. The highest BCUT2D eigenvalue weighted by atomic mass is 35.5. The molecule has 0 aliphatic rings. The summed E-state index contributed by atoms with van der Waals surface area (Å²) in [5.41, 5.74) is 4.31. The van der Waals surface area contributed by atoms with Crippen molar-refractivity contribution in [1.82, 2.24) is 5.43 Å². The molecule has 0 aromatic heterocycles. The Morgan fingerprint density at radius 2 is 1.83 bits per heavy atom. The van der Waals surface area contributed by atoms with Gasteiger partial charge in [0.25, 0.3) is 5.91 Å². The van der Waals surface area contributed by atoms with Gasteiger partial charge in [0.05, 0.1) is 17.8 Å². The predicted molar refractivity (Wildman–Crippen MR) is 115 cm³/mol. The highest BCUT2D eigenvalue weighted by molar-refractivity contribution is 6.32. The molecule has 154 valence electrons. The molecule has 7 heteroatoms. The molecule has 1 N–H and O–H groups in total. The van der Waals surface area contributed by atoms with E-state index in [1.165, 1.54) is 30.5 Å². The van der Waals surface area contributed by atoms with Gasteiger partial charge in [-0.25, -0.2) is 9.82 Å². The Morgan fingerprint density at radius 3 is 2.53 bits per heavy atom. The molecular weight excluding hydrogens is 407 g/mol. The summed E-state index contributed by atoms with van der Waals surface area (Å²) in [5, 5.41) is 4.30. The lowest BCUT2D eigenvalue weighted by Crippen LogP contribution is -2.17. The van der Waals surface area contributed by atoms with E-state index in [-0.39, 0.29) is 0 Å². The normalized spacial score (nSPS) is 10.8. The number of halogens is 2. The van der Waals surface area contributed by atoms with Crippen molar-refractivity contribution in [2.45, 2.75) is 13.5 Å². The van der Waals surface area contributed by atoms with Crippen molar-refractivity contribution >= 4 is 23.7 Å². The zero-order valence-electron chi connectivity index (χ0n) is 16.3. The quantitative estimate of drug-likeness (QED) is 0.397. The number of nitrogens with zero attached hydrogens (tertiary/aromatic N) is 1. The monoisotopic (exact) mass is 426 g/mol. The molecule has 0 aliphatic heterocycles. The molecule has 0 unspecified atom stereocenters. The number of amides is 1. The van der Waals surface area contributed by atoms with Crippen molar-refractivity contribution in [2.24, 2.45) is 5.10 Å². The van der Waals surface area contributed by atoms with E-state index >= 15 is 0 Å². The molecule has 5 nitrogen and oxygen atoms in total. The Morgan fingerprint density at radius 1 is 1.10 bits per heavy atom. The summed E-state index contributed by atoms with van der Waals surface area (Å²) >= 11 is 6.40. The summed E-state index contributed by atoms with van der Waals surface area (Å²) in [4.78, 5) is 12.0. The third kappa shape index (κ3) is 5.81. The molecule has 0 spiro atoms. The summed E-state index contributed by atoms with van der Waals surface area (Å²) in [5.74, 6) is 0.0509. The van der Waals surface area contributed by atoms with Gasteiger partial charge in [-0.3, -0.25) is 4.79 Å². The van der Waals surface area contributed by atoms with Crippen molar-refractivity contribution in [2.75, 3.05) is 6.61 Å². The van der Waals surface area contributed by atoms with Crippen molar-refractivity contribution < 1.29 is 18.7 Å². The summed E-state index contributed by atoms with van der Waals surface area (Å²) in [6, 6.07) is 18.3. The topological polar surface area (TPSA) is 59.9 Å². The number of carbonyl (C=O) groups is 1. The average Bonchev–Trinajstić information content (AvgIpc) is 2.74. The molecule has 0 fully saturated rings.